The summed E-state index contributed by atoms with van der Waals surface area (Å²) in [7, 11) is 3.14. The van der Waals surface area contributed by atoms with Crippen LogP contribution in [0.25, 0.3) is 10.9 Å². The number of nitrogens with zero attached hydrogens (tertiary/aromatic N) is 2. The molecule has 1 aromatic heterocycles. The molecule has 8 nitrogen and oxygen atoms in total. The van der Waals surface area contributed by atoms with Gasteiger partial charge in [-0.1, -0.05) is 6.07 Å². The lowest BCUT2D eigenvalue weighted by molar-refractivity contribution is -0.0247. The van der Waals surface area contributed by atoms with Crippen molar-refractivity contribution in [2.75, 3.05) is 27.3 Å². The number of hydrogen-bond donors (Lipinski definition) is 1. The molecule has 0 atom stereocenters. The van der Waals surface area contributed by atoms with Gasteiger partial charge >= 0.3 is 0 Å². The molecular weight excluding hydrogens is 434 g/mol. The minimum absolute atomic E-state index is 0.142. The van der Waals surface area contributed by atoms with E-state index in [1.807, 2.05) is 38.1 Å². The third-order valence-electron chi connectivity index (χ3n) is 6.77. The van der Waals surface area contributed by atoms with Gasteiger partial charge < -0.3 is 24.4 Å². The third kappa shape index (κ3) is 3.59. The summed E-state index contributed by atoms with van der Waals surface area (Å²) in [5, 5.41) is 3.82. The lowest BCUT2D eigenvalue weighted by Crippen LogP contribution is -2.61. The van der Waals surface area contributed by atoms with Crippen LogP contribution in [0.5, 0.6) is 17.2 Å². The molecule has 1 fully saturated rings. The maximum atomic E-state index is 13.4. The molecular formula is C26H27N3O5. The number of carbonyl (C=O) groups is 2. The van der Waals surface area contributed by atoms with Crippen molar-refractivity contribution >= 4 is 22.7 Å². The van der Waals surface area contributed by atoms with Gasteiger partial charge in [-0.15, -0.1) is 0 Å². The van der Waals surface area contributed by atoms with Gasteiger partial charge in [-0.25, -0.2) is 4.98 Å². The fourth-order valence-electron chi connectivity index (χ4n) is 4.66. The average Bonchev–Trinajstić information content (AvgIpc) is 2.84. The zero-order chi connectivity index (χ0) is 24.0. The highest BCUT2D eigenvalue weighted by Gasteiger charge is 2.43. The van der Waals surface area contributed by atoms with Gasteiger partial charge in [0, 0.05) is 37.4 Å². The molecule has 0 bridgehead atoms. The predicted octanol–water partition coefficient (Wildman–Crippen LogP) is 3.62. The Hall–Kier alpha value is -3.81. The van der Waals surface area contributed by atoms with Gasteiger partial charge in [-0.3, -0.25) is 9.59 Å². The Morgan fingerprint density at radius 1 is 1.06 bits per heavy atom. The van der Waals surface area contributed by atoms with Gasteiger partial charge in [0.15, 0.2) is 5.72 Å². The standard InChI is InChI=1S/C26H27N3O5/c1-15-12-18-22(13-16(15)2)34-26(28-24(18)30)8-10-29(11-9-26)25(31)19-14-21(33-4)17-6-5-7-20(32-3)23(17)27-19/h5-7,12-14H,8-11H2,1-4H3,(H,28,30). The van der Waals surface area contributed by atoms with Crippen LogP contribution in [0.3, 0.4) is 0 Å². The lowest BCUT2D eigenvalue weighted by Gasteiger charge is -2.44. The van der Waals surface area contributed by atoms with Crippen molar-refractivity contribution in [3.05, 3.63) is 58.8 Å². The quantitative estimate of drug-likeness (QED) is 0.641. The average molecular weight is 462 g/mol. The number of nitrogens with one attached hydrogen (secondary N) is 1. The van der Waals surface area contributed by atoms with E-state index in [0.29, 0.717) is 54.3 Å². The molecule has 0 aliphatic carbocycles. The summed E-state index contributed by atoms with van der Waals surface area (Å²) in [6.07, 6.45) is 0.954. The van der Waals surface area contributed by atoms with E-state index in [1.54, 1.807) is 31.3 Å². The summed E-state index contributed by atoms with van der Waals surface area (Å²) in [6.45, 7) is 4.82. The number of piperidine rings is 1. The Morgan fingerprint density at radius 3 is 2.47 bits per heavy atom. The first kappa shape index (κ1) is 22.0. The Balaban J connectivity index is 1.38. The Morgan fingerprint density at radius 2 is 1.76 bits per heavy atom. The van der Waals surface area contributed by atoms with Crippen LogP contribution in [0.4, 0.5) is 0 Å². The van der Waals surface area contributed by atoms with Gasteiger partial charge in [0.25, 0.3) is 11.8 Å². The Bertz CT molecular complexity index is 1310. The van der Waals surface area contributed by atoms with Crippen molar-refractivity contribution in [2.45, 2.75) is 32.4 Å². The number of aromatic nitrogens is 1. The van der Waals surface area contributed by atoms with E-state index < -0.39 is 5.72 Å². The molecule has 1 N–H and O–H groups in total. The molecule has 0 unspecified atom stereocenters. The maximum Gasteiger partial charge on any atom is 0.272 e. The molecule has 2 aromatic carbocycles. The number of benzene rings is 2. The summed E-state index contributed by atoms with van der Waals surface area (Å²) in [5.41, 5.74) is 2.71. The van der Waals surface area contributed by atoms with Gasteiger partial charge in [-0.05, 0) is 49.2 Å². The Labute approximate surface area is 197 Å². The van der Waals surface area contributed by atoms with E-state index in [2.05, 4.69) is 10.3 Å². The first-order chi connectivity index (χ1) is 16.3. The molecule has 34 heavy (non-hydrogen) atoms. The van der Waals surface area contributed by atoms with Crippen LogP contribution in [-0.2, 0) is 0 Å². The van der Waals surface area contributed by atoms with Gasteiger partial charge in [0.05, 0.1) is 19.8 Å². The summed E-state index contributed by atoms with van der Waals surface area (Å²) in [5.74, 6) is 1.39. The van der Waals surface area contributed by atoms with E-state index in [0.717, 1.165) is 16.5 Å². The van der Waals surface area contributed by atoms with Crippen molar-refractivity contribution in [2.24, 2.45) is 0 Å². The third-order valence-corrected chi connectivity index (χ3v) is 6.77. The molecule has 8 heteroatoms. The zero-order valence-corrected chi connectivity index (χ0v) is 19.7. The number of amides is 2. The Kier molecular flexibility index (Phi) is 5.31. The predicted molar refractivity (Wildman–Crippen MR) is 127 cm³/mol. The number of likely N-dealkylation sites (tertiary alicyclic amines) is 1. The van der Waals surface area contributed by atoms with Gasteiger partial charge in [-0.2, -0.15) is 0 Å². The second kappa shape index (κ2) is 8.20. The zero-order valence-electron chi connectivity index (χ0n) is 19.7. The van der Waals surface area contributed by atoms with Crippen LogP contribution in [0.1, 0.15) is 44.8 Å². The number of methoxy groups -OCH3 is 2. The van der Waals surface area contributed by atoms with Crippen molar-refractivity contribution in [3.8, 4) is 17.2 Å². The van der Waals surface area contributed by atoms with E-state index in [1.165, 1.54) is 0 Å². The fourth-order valence-corrected chi connectivity index (χ4v) is 4.66. The molecule has 176 valence electrons. The highest BCUT2D eigenvalue weighted by Crippen LogP contribution is 2.36. The highest BCUT2D eigenvalue weighted by atomic mass is 16.5. The number of aryl methyl sites for hydroxylation is 2. The monoisotopic (exact) mass is 461 g/mol. The van der Waals surface area contributed by atoms with Crippen molar-refractivity contribution in [1.82, 2.24) is 15.2 Å². The summed E-state index contributed by atoms with van der Waals surface area (Å²) in [6, 6.07) is 11.0. The topological polar surface area (TPSA) is 90.0 Å². The number of ether oxygens (including phenoxy) is 3. The van der Waals surface area contributed by atoms with Crippen LogP contribution in [0, 0.1) is 13.8 Å². The maximum absolute atomic E-state index is 13.4. The molecule has 3 aromatic rings. The van der Waals surface area contributed by atoms with Crippen LogP contribution in [0.15, 0.2) is 36.4 Å². The van der Waals surface area contributed by atoms with Crippen molar-refractivity contribution < 1.29 is 23.8 Å². The second-order valence-electron chi connectivity index (χ2n) is 8.84. The first-order valence-corrected chi connectivity index (χ1v) is 11.3. The minimum atomic E-state index is -0.819. The van der Waals surface area contributed by atoms with Crippen molar-refractivity contribution in [1.29, 1.82) is 0 Å². The molecule has 2 aliphatic heterocycles. The van der Waals surface area contributed by atoms with Crippen LogP contribution in [0.2, 0.25) is 0 Å². The van der Waals surface area contributed by atoms with Crippen LogP contribution >= 0.6 is 0 Å². The van der Waals surface area contributed by atoms with Crippen LogP contribution in [-0.4, -0.2) is 54.7 Å². The second-order valence-corrected chi connectivity index (χ2v) is 8.84. The largest absolute Gasteiger partial charge is 0.496 e. The lowest BCUT2D eigenvalue weighted by atomic mass is 9.95. The number of fused-ring (bicyclic) bond motifs is 2. The molecule has 5 rings (SSSR count). The van der Waals surface area contributed by atoms with E-state index in [-0.39, 0.29) is 17.5 Å². The molecule has 2 aliphatic rings. The fraction of sp³-hybridized carbons (Fsp3) is 0.346. The molecule has 1 saturated heterocycles. The number of para-hydroxylation sites is 1. The number of pyridine rings is 1. The first-order valence-electron chi connectivity index (χ1n) is 11.3. The van der Waals surface area contributed by atoms with Gasteiger partial charge in [0.2, 0.25) is 0 Å². The van der Waals surface area contributed by atoms with Crippen LogP contribution < -0.4 is 19.5 Å². The number of carbonyl (C=O) groups excluding carboxylic acids is 2. The molecule has 0 saturated carbocycles. The number of rotatable bonds is 3. The summed E-state index contributed by atoms with van der Waals surface area (Å²) >= 11 is 0. The van der Waals surface area contributed by atoms with E-state index in [9.17, 15) is 9.59 Å². The van der Waals surface area contributed by atoms with E-state index in [4.69, 9.17) is 14.2 Å². The van der Waals surface area contributed by atoms with Gasteiger partial charge in [0.1, 0.15) is 28.5 Å². The molecule has 2 amide bonds. The summed E-state index contributed by atoms with van der Waals surface area (Å²) < 4.78 is 17.3. The van der Waals surface area contributed by atoms with Crippen molar-refractivity contribution in [3.63, 3.8) is 0 Å². The minimum Gasteiger partial charge on any atom is -0.496 e. The van der Waals surface area contributed by atoms with E-state index >= 15 is 0 Å². The highest BCUT2D eigenvalue weighted by molar-refractivity contribution is 5.99. The molecule has 3 heterocycles. The SMILES string of the molecule is COc1cc(C(=O)N2CCC3(CC2)NC(=O)c2cc(C)c(C)cc2O3)nc2c(OC)cccc12. The normalized spacial score (nSPS) is 16.6. The molecule has 0 radical (unpaired) electrons. The summed E-state index contributed by atoms with van der Waals surface area (Å²) in [4.78, 5) is 32.5. The number of hydrogen-bond acceptors (Lipinski definition) is 6. The molecule has 1 spiro atoms. The smallest absolute Gasteiger partial charge is 0.272 e.